The van der Waals surface area contributed by atoms with Crippen LogP contribution in [-0.4, -0.2) is 32.2 Å². The molecule has 0 spiro atoms. The first-order chi connectivity index (χ1) is 9.99. The second kappa shape index (κ2) is 7.77. The van der Waals surface area contributed by atoms with Crippen molar-refractivity contribution in [2.75, 3.05) is 25.2 Å². The highest BCUT2D eigenvalue weighted by Crippen LogP contribution is 2.46. The summed E-state index contributed by atoms with van der Waals surface area (Å²) in [4.78, 5) is 14.4. The lowest BCUT2D eigenvalue weighted by Gasteiger charge is -2.28. The van der Waals surface area contributed by atoms with Gasteiger partial charge in [0.15, 0.2) is 0 Å². The third-order valence-electron chi connectivity index (χ3n) is 4.56. The van der Waals surface area contributed by atoms with Gasteiger partial charge in [0.05, 0.1) is 6.61 Å². The summed E-state index contributed by atoms with van der Waals surface area (Å²) < 4.78 is 6.06. The van der Waals surface area contributed by atoms with Gasteiger partial charge in [-0.15, -0.1) is 12.4 Å². The Hall–Kier alpha value is -0.620. The van der Waals surface area contributed by atoms with E-state index in [1.54, 1.807) is 7.11 Å². The summed E-state index contributed by atoms with van der Waals surface area (Å²) in [6, 6.07) is 5.50. The number of methoxy groups -OCH3 is 1. The van der Waals surface area contributed by atoms with E-state index in [1.807, 2.05) is 17.0 Å². The summed E-state index contributed by atoms with van der Waals surface area (Å²) in [6.45, 7) is 5.29. The summed E-state index contributed by atoms with van der Waals surface area (Å²) in [5, 5.41) is 0. The minimum atomic E-state index is -0.615. The normalized spacial score (nSPS) is 16.9. The van der Waals surface area contributed by atoms with Gasteiger partial charge in [-0.1, -0.05) is 29.8 Å². The topological polar surface area (TPSA) is 55.6 Å². The molecular weight excluding hydrogens is 368 g/mol. The van der Waals surface area contributed by atoms with Gasteiger partial charge in [-0.3, -0.25) is 4.79 Å². The summed E-state index contributed by atoms with van der Waals surface area (Å²) in [5.41, 5.74) is 8.18. The molecule has 0 aromatic heterocycles. The van der Waals surface area contributed by atoms with Crippen LogP contribution < -0.4 is 10.6 Å². The van der Waals surface area contributed by atoms with Gasteiger partial charge in [0.25, 0.3) is 0 Å². The molecule has 4 nitrogen and oxygen atoms in total. The van der Waals surface area contributed by atoms with Crippen molar-refractivity contribution in [2.24, 2.45) is 5.73 Å². The molecular formula is C16H24BrClN2O2. The number of amides is 1. The second-order valence-corrected chi connectivity index (χ2v) is 6.55. The van der Waals surface area contributed by atoms with Crippen molar-refractivity contribution in [3.8, 4) is 0 Å². The minimum absolute atomic E-state index is 0. The van der Waals surface area contributed by atoms with Crippen LogP contribution in [0.4, 0.5) is 5.69 Å². The number of hydrogen-bond donors (Lipinski definition) is 1. The molecule has 0 saturated carbocycles. The van der Waals surface area contributed by atoms with Crippen molar-refractivity contribution in [3.63, 3.8) is 0 Å². The Bertz CT molecular complexity index is 535. The molecule has 0 fully saturated rings. The monoisotopic (exact) mass is 390 g/mol. The summed E-state index contributed by atoms with van der Waals surface area (Å²) in [6.07, 6.45) is 1.99. The van der Waals surface area contributed by atoms with E-state index in [4.69, 9.17) is 10.5 Å². The molecule has 2 N–H and O–H groups in total. The van der Waals surface area contributed by atoms with E-state index in [0.29, 0.717) is 6.54 Å². The molecule has 0 aliphatic carbocycles. The van der Waals surface area contributed by atoms with E-state index in [9.17, 15) is 4.79 Å². The second-order valence-electron chi connectivity index (χ2n) is 5.64. The number of carbonyl (C=O) groups excluding carboxylic acids is 1. The van der Waals surface area contributed by atoms with Gasteiger partial charge in [0.1, 0.15) is 6.04 Å². The highest BCUT2D eigenvalue weighted by Gasteiger charge is 2.43. The van der Waals surface area contributed by atoms with Gasteiger partial charge < -0.3 is 15.4 Å². The zero-order valence-corrected chi connectivity index (χ0v) is 15.7. The quantitative estimate of drug-likeness (QED) is 0.838. The maximum atomic E-state index is 12.6. The highest BCUT2D eigenvalue weighted by molar-refractivity contribution is 9.10. The zero-order chi connectivity index (χ0) is 15.6. The average Bonchev–Trinajstić information content (AvgIpc) is 2.81. The van der Waals surface area contributed by atoms with Crippen LogP contribution in [0.25, 0.3) is 0 Å². The Morgan fingerprint density at radius 1 is 1.45 bits per heavy atom. The molecule has 124 valence electrons. The van der Waals surface area contributed by atoms with Crippen LogP contribution in [-0.2, 0) is 14.9 Å². The van der Waals surface area contributed by atoms with Crippen molar-refractivity contribution in [1.82, 2.24) is 0 Å². The van der Waals surface area contributed by atoms with Crippen LogP contribution in [0.15, 0.2) is 22.7 Å². The van der Waals surface area contributed by atoms with Crippen molar-refractivity contribution in [3.05, 3.63) is 28.2 Å². The smallest absolute Gasteiger partial charge is 0.246 e. The molecule has 1 atom stereocenters. The molecule has 0 saturated heterocycles. The van der Waals surface area contributed by atoms with Gasteiger partial charge in [-0.05, 0) is 36.6 Å². The van der Waals surface area contributed by atoms with Crippen LogP contribution in [0.5, 0.6) is 0 Å². The molecule has 22 heavy (non-hydrogen) atoms. The van der Waals surface area contributed by atoms with E-state index in [-0.39, 0.29) is 30.3 Å². The number of ether oxygens (including phenoxy) is 1. The fourth-order valence-corrected chi connectivity index (χ4v) is 3.50. The zero-order valence-electron chi connectivity index (χ0n) is 13.3. The van der Waals surface area contributed by atoms with Crippen LogP contribution in [0.2, 0.25) is 0 Å². The van der Waals surface area contributed by atoms with Crippen molar-refractivity contribution in [1.29, 1.82) is 0 Å². The Kier molecular flexibility index (Phi) is 6.86. The Morgan fingerprint density at radius 2 is 2.09 bits per heavy atom. The number of benzene rings is 1. The number of nitrogens with zero attached hydrogens (tertiary/aromatic N) is 1. The first-order valence-corrected chi connectivity index (χ1v) is 8.14. The molecule has 0 radical (unpaired) electrons. The lowest BCUT2D eigenvalue weighted by Crippen LogP contribution is -2.47. The first-order valence-electron chi connectivity index (χ1n) is 7.35. The van der Waals surface area contributed by atoms with E-state index in [1.165, 1.54) is 5.56 Å². The van der Waals surface area contributed by atoms with Crippen LogP contribution in [0.3, 0.4) is 0 Å². The number of fused-ring (bicyclic) bond motifs is 1. The fraction of sp³-hybridized carbons (Fsp3) is 0.562. The Balaban J connectivity index is 0.00000242. The van der Waals surface area contributed by atoms with E-state index >= 15 is 0 Å². The molecule has 1 unspecified atom stereocenters. The molecule has 1 aromatic carbocycles. The van der Waals surface area contributed by atoms with Gasteiger partial charge in [0.2, 0.25) is 5.91 Å². The summed E-state index contributed by atoms with van der Waals surface area (Å²) in [7, 11) is 1.56. The van der Waals surface area contributed by atoms with Crippen LogP contribution in [0.1, 0.15) is 32.3 Å². The van der Waals surface area contributed by atoms with Gasteiger partial charge in [-0.25, -0.2) is 0 Å². The number of nitrogens with two attached hydrogens (primary N) is 1. The van der Waals surface area contributed by atoms with Crippen molar-refractivity contribution < 1.29 is 9.53 Å². The lowest BCUT2D eigenvalue weighted by atomic mass is 9.78. The average molecular weight is 392 g/mol. The summed E-state index contributed by atoms with van der Waals surface area (Å²) in [5.74, 6) is -0.0656. The standard InChI is InChI=1S/C16H23BrN2O2.ClH/c1-4-16(5-2)10-19(15(20)13(18)9-21-3)14-7-6-11(17)8-12(14)16;/h6-8,13H,4-5,9-10,18H2,1-3H3;1H. The Morgan fingerprint density at radius 3 is 2.64 bits per heavy atom. The van der Waals surface area contributed by atoms with E-state index in [2.05, 4.69) is 35.8 Å². The molecule has 2 rings (SSSR count). The number of carbonyl (C=O) groups is 1. The highest BCUT2D eigenvalue weighted by atomic mass is 79.9. The molecule has 1 amide bonds. The van der Waals surface area contributed by atoms with E-state index < -0.39 is 6.04 Å². The third-order valence-corrected chi connectivity index (χ3v) is 5.06. The maximum absolute atomic E-state index is 12.6. The predicted molar refractivity (Wildman–Crippen MR) is 95.9 cm³/mol. The predicted octanol–water partition coefficient (Wildman–Crippen LogP) is 3.25. The largest absolute Gasteiger partial charge is 0.383 e. The third kappa shape index (κ3) is 3.32. The van der Waals surface area contributed by atoms with Crippen LogP contribution in [0, 0.1) is 0 Å². The number of anilines is 1. The van der Waals surface area contributed by atoms with Gasteiger partial charge in [-0.2, -0.15) is 0 Å². The van der Waals surface area contributed by atoms with Crippen molar-refractivity contribution in [2.45, 2.75) is 38.1 Å². The van der Waals surface area contributed by atoms with Crippen molar-refractivity contribution >= 4 is 39.9 Å². The maximum Gasteiger partial charge on any atom is 0.246 e. The molecule has 1 aliphatic heterocycles. The van der Waals surface area contributed by atoms with Gasteiger partial charge >= 0.3 is 0 Å². The van der Waals surface area contributed by atoms with Crippen LogP contribution >= 0.6 is 28.3 Å². The molecule has 1 aliphatic rings. The lowest BCUT2D eigenvalue weighted by molar-refractivity contribution is -0.120. The molecule has 1 heterocycles. The molecule has 0 bridgehead atoms. The number of halogens is 2. The SMILES string of the molecule is CCC1(CC)CN(C(=O)C(N)COC)c2ccc(Br)cc21.Cl. The Labute approximate surface area is 146 Å². The molecule has 1 aromatic rings. The number of hydrogen-bond acceptors (Lipinski definition) is 3. The fourth-order valence-electron chi connectivity index (χ4n) is 3.14. The van der Waals surface area contributed by atoms with Gasteiger partial charge in [0, 0.05) is 29.2 Å². The molecule has 6 heteroatoms. The van der Waals surface area contributed by atoms with E-state index in [0.717, 1.165) is 23.0 Å². The minimum Gasteiger partial charge on any atom is -0.383 e. The number of rotatable bonds is 5. The first kappa shape index (κ1) is 19.4. The summed E-state index contributed by atoms with van der Waals surface area (Å²) >= 11 is 3.54.